The van der Waals surface area contributed by atoms with Crippen molar-refractivity contribution in [3.05, 3.63) is 47.5 Å². The van der Waals surface area contributed by atoms with Crippen molar-refractivity contribution in [1.29, 1.82) is 0 Å². The molecule has 2 aromatic rings. The minimum Gasteiger partial charge on any atom is -1.00 e. The Morgan fingerprint density at radius 2 is 2.18 bits per heavy atom. The van der Waals surface area contributed by atoms with Crippen LogP contribution in [0.1, 0.15) is 10.4 Å². The number of carbonyl (C=O) groups excluding carboxylic acids is 1. The molecular weight excluding hydrogens is 307 g/mol. The molecular formula is C10H10BrClN4O. The summed E-state index contributed by atoms with van der Waals surface area (Å²) in [5.41, 5.74) is 0.489. The molecule has 0 radical (unpaired) electrons. The highest BCUT2D eigenvalue weighted by Crippen LogP contribution is 2.15. The number of carbonyl (C=O) groups is 1. The van der Waals surface area contributed by atoms with E-state index in [-0.39, 0.29) is 29.3 Å². The van der Waals surface area contributed by atoms with E-state index in [4.69, 9.17) is 17.4 Å². The zero-order valence-electron chi connectivity index (χ0n) is 8.75. The van der Waals surface area contributed by atoms with Crippen molar-refractivity contribution in [2.75, 3.05) is 5.84 Å². The molecule has 0 saturated heterocycles. The van der Waals surface area contributed by atoms with Gasteiger partial charge in [0.1, 0.15) is 0 Å². The van der Waals surface area contributed by atoms with Gasteiger partial charge >= 0.3 is 0 Å². The molecule has 1 aromatic heterocycles. The molecule has 2 N–H and O–H groups in total. The molecule has 0 fully saturated rings. The van der Waals surface area contributed by atoms with Crippen molar-refractivity contribution in [2.24, 2.45) is 0 Å². The molecule has 5 nitrogen and oxygen atoms in total. The van der Waals surface area contributed by atoms with Gasteiger partial charge < -0.3 is 17.0 Å². The number of rotatable bonds is 3. The first kappa shape index (κ1) is 13.7. The standard InChI is InChI=1S/C10H10ClN4O.BrH/c11-9-4-2-1-3-8(9)10(16)5-15-7-14(12)6-13-15;/h1-4,6-7H,5,12H2;1H/q+1;/p-1. The summed E-state index contributed by atoms with van der Waals surface area (Å²) in [5.74, 6) is 5.32. The molecule has 1 aromatic carbocycles. The van der Waals surface area contributed by atoms with Crippen molar-refractivity contribution >= 4 is 17.4 Å². The molecule has 0 aliphatic rings. The largest absolute Gasteiger partial charge is 1.00 e. The molecule has 2 rings (SSSR count). The quantitative estimate of drug-likeness (QED) is 0.384. The highest BCUT2D eigenvalue weighted by Gasteiger charge is 2.14. The maximum Gasteiger partial charge on any atom is 0.286 e. The Bertz CT molecular complexity index is 529. The lowest BCUT2D eigenvalue weighted by molar-refractivity contribution is -0.639. The highest BCUT2D eigenvalue weighted by molar-refractivity contribution is 6.33. The molecule has 0 spiro atoms. The van der Waals surface area contributed by atoms with Gasteiger partial charge in [0, 0.05) is 10.7 Å². The van der Waals surface area contributed by atoms with Crippen LogP contribution >= 0.6 is 11.6 Å². The second-order valence-electron chi connectivity index (χ2n) is 3.29. The summed E-state index contributed by atoms with van der Waals surface area (Å²) in [5, 5.41) is 4.35. The summed E-state index contributed by atoms with van der Waals surface area (Å²) in [7, 11) is 0. The smallest absolute Gasteiger partial charge is 0.286 e. The predicted octanol–water partition coefficient (Wildman–Crippen LogP) is -2.58. The monoisotopic (exact) mass is 316 g/mol. The van der Waals surface area contributed by atoms with Gasteiger partial charge in [0.25, 0.3) is 6.33 Å². The molecule has 90 valence electrons. The normalized spacial score (nSPS) is 9.71. The molecule has 0 unspecified atom stereocenters. The van der Waals surface area contributed by atoms with Crippen LogP contribution in [0.15, 0.2) is 36.9 Å². The predicted molar refractivity (Wildman–Crippen MR) is 58.4 cm³/mol. The molecule has 0 atom stereocenters. The maximum absolute atomic E-state index is 11.8. The maximum atomic E-state index is 11.8. The van der Waals surface area contributed by atoms with Crippen LogP contribution in [0.2, 0.25) is 5.02 Å². The van der Waals surface area contributed by atoms with Crippen LogP contribution in [0, 0.1) is 0 Å². The Morgan fingerprint density at radius 1 is 1.47 bits per heavy atom. The number of aromatic nitrogens is 3. The fourth-order valence-electron chi connectivity index (χ4n) is 1.34. The van der Waals surface area contributed by atoms with E-state index < -0.39 is 0 Å². The van der Waals surface area contributed by atoms with E-state index in [1.165, 1.54) is 22.0 Å². The zero-order chi connectivity index (χ0) is 11.5. The van der Waals surface area contributed by atoms with Crippen molar-refractivity contribution in [3.8, 4) is 0 Å². The third-order valence-corrected chi connectivity index (χ3v) is 2.41. The number of hydrogen-bond donors (Lipinski definition) is 1. The number of nitrogens with two attached hydrogens (primary N) is 1. The van der Waals surface area contributed by atoms with E-state index in [1.807, 2.05) is 0 Å². The Morgan fingerprint density at radius 3 is 2.76 bits per heavy atom. The molecule has 7 heteroatoms. The van der Waals surface area contributed by atoms with Gasteiger partial charge in [0.15, 0.2) is 6.54 Å². The molecule has 1 heterocycles. The van der Waals surface area contributed by atoms with E-state index in [9.17, 15) is 4.79 Å². The molecule has 0 saturated carbocycles. The van der Waals surface area contributed by atoms with E-state index >= 15 is 0 Å². The fourth-order valence-corrected chi connectivity index (χ4v) is 1.58. The molecule has 0 bridgehead atoms. The Balaban J connectivity index is 0.00000144. The Kier molecular flexibility index (Phi) is 4.65. The van der Waals surface area contributed by atoms with Crippen molar-refractivity contribution in [2.45, 2.75) is 6.54 Å². The van der Waals surface area contributed by atoms with E-state index in [0.717, 1.165) is 0 Å². The van der Waals surface area contributed by atoms with Crippen molar-refractivity contribution in [1.82, 2.24) is 9.78 Å². The molecule has 0 aliphatic heterocycles. The van der Waals surface area contributed by atoms with Gasteiger partial charge in [0.2, 0.25) is 12.1 Å². The van der Waals surface area contributed by atoms with Crippen LogP contribution in [-0.4, -0.2) is 15.6 Å². The summed E-state index contributed by atoms with van der Waals surface area (Å²) in [6.45, 7) is 0.119. The van der Waals surface area contributed by atoms with E-state index in [1.54, 1.807) is 24.3 Å². The van der Waals surface area contributed by atoms with Crippen LogP contribution < -0.4 is 27.5 Å². The SMILES string of the molecule is N[n+]1cnn(CC(=O)c2ccccc2Cl)c1.[Br-]. The lowest BCUT2D eigenvalue weighted by Crippen LogP contribution is -3.00. The average Bonchev–Trinajstić information content (AvgIpc) is 2.64. The van der Waals surface area contributed by atoms with E-state index in [0.29, 0.717) is 10.6 Å². The lowest BCUT2D eigenvalue weighted by atomic mass is 10.1. The third kappa shape index (κ3) is 3.28. The third-order valence-electron chi connectivity index (χ3n) is 2.08. The summed E-state index contributed by atoms with van der Waals surface area (Å²) in [4.78, 5) is 11.8. The van der Waals surface area contributed by atoms with Crippen molar-refractivity contribution < 1.29 is 26.5 Å². The van der Waals surface area contributed by atoms with Crippen molar-refractivity contribution in [3.63, 3.8) is 0 Å². The summed E-state index contributed by atoms with van der Waals surface area (Å²) >= 11 is 5.91. The van der Waals surface area contributed by atoms with Crippen LogP contribution in [0.5, 0.6) is 0 Å². The van der Waals surface area contributed by atoms with Crippen LogP contribution in [0.4, 0.5) is 0 Å². The first-order chi connectivity index (χ1) is 7.66. The second-order valence-corrected chi connectivity index (χ2v) is 3.70. The van der Waals surface area contributed by atoms with Gasteiger partial charge in [-0.25, -0.2) is 0 Å². The highest BCUT2D eigenvalue weighted by atomic mass is 79.9. The number of ketones is 1. The summed E-state index contributed by atoms with van der Waals surface area (Å²) < 4.78 is 2.73. The van der Waals surface area contributed by atoms with Gasteiger partial charge in [-0.1, -0.05) is 23.7 Å². The number of benzene rings is 1. The van der Waals surface area contributed by atoms with Crippen LogP contribution in [0.25, 0.3) is 0 Å². The second kappa shape index (κ2) is 5.79. The molecule has 17 heavy (non-hydrogen) atoms. The van der Waals surface area contributed by atoms with E-state index in [2.05, 4.69) is 5.10 Å². The minimum atomic E-state index is -0.102. The first-order valence-corrected chi connectivity index (χ1v) is 5.01. The van der Waals surface area contributed by atoms with Gasteiger partial charge in [0.05, 0.1) is 5.02 Å². The van der Waals surface area contributed by atoms with Gasteiger partial charge in [-0.2, -0.15) is 0 Å². The molecule has 0 aliphatic carbocycles. The van der Waals surface area contributed by atoms with Crippen LogP contribution in [-0.2, 0) is 6.54 Å². The zero-order valence-corrected chi connectivity index (χ0v) is 11.1. The molecule has 0 amide bonds. The lowest BCUT2D eigenvalue weighted by Gasteiger charge is -1.99. The van der Waals surface area contributed by atoms with Crippen LogP contribution in [0.3, 0.4) is 0 Å². The Labute approximate surface area is 114 Å². The fraction of sp³-hybridized carbons (Fsp3) is 0.100. The number of nitrogen functional groups attached to an aromatic ring is 1. The van der Waals surface area contributed by atoms with Gasteiger partial charge in [-0.3, -0.25) is 10.6 Å². The number of halogens is 2. The average molecular weight is 318 g/mol. The summed E-state index contributed by atoms with van der Waals surface area (Å²) in [6.07, 6.45) is 2.94. The number of nitrogens with zero attached hydrogens (tertiary/aromatic N) is 3. The Hall–Kier alpha value is -1.40. The topological polar surface area (TPSA) is 64.8 Å². The summed E-state index contributed by atoms with van der Waals surface area (Å²) in [6, 6.07) is 6.91. The first-order valence-electron chi connectivity index (χ1n) is 4.63. The van der Waals surface area contributed by atoms with Gasteiger partial charge in [-0.15, -0.1) is 9.36 Å². The number of hydrogen-bond acceptors (Lipinski definition) is 3. The van der Waals surface area contributed by atoms with Gasteiger partial charge in [-0.05, 0) is 12.1 Å². The minimum absolute atomic E-state index is 0. The number of Topliss-reactive ketones (excluding diaryl/α,β-unsaturated/α-hetero) is 1.